The van der Waals surface area contributed by atoms with Gasteiger partial charge >= 0.3 is 0 Å². The minimum Gasteiger partial charge on any atom is -1.00 e. The maximum atomic E-state index is 12.4. The molecule has 118 valence electrons. The number of hydrogen-bond donors (Lipinski definition) is 1. The Hall–Kier alpha value is -0.650. The number of halogens is 1. The van der Waals surface area contributed by atoms with Crippen molar-refractivity contribution < 1.29 is 33.3 Å². The van der Waals surface area contributed by atoms with E-state index in [0.717, 1.165) is 12.0 Å². The molecule has 1 N–H and O–H groups in total. The van der Waals surface area contributed by atoms with Crippen molar-refractivity contribution in [3.8, 4) is 0 Å². The number of nitrogens with zero attached hydrogens (tertiary/aromatic N) is 1. The quantitative estimate of drug-likeness (QED) is 0.547. The number of nitrogens with one attached hydrogen (secondary N) is 1. The second-order valence-electron chi connectivity index (χ2n) is 6.66. The molecule has 1 amide bonds. The highest BCUT2D eigenvalue weighted by atomic mass is 127. The molecule has 3 nitrogen and oxygen atoms in total. The number of rotatable bonds is 3. The zero-order valence-corrected chi connectivity index (χ0v) is 15.6. The van der Waals surface area contributed by atoms with Gasteiger partial charge in [-0.25, -0.2) is 4.57 Å². The van der Waals surface area contributed by atoms with Gasteiger partial charge in [0.25, 0.3) is 5.91 Å². The van der Waals surface area contributed by atoms with Crippen molar-refractivity contribution >= 4 is 5.91 Å². The van der Waals surface area contributed by atoms with Crippen molar-refractivity contribution in [3.63, 3.8) is 0 Å². The van der Waals surface area contributed by atoms with Crippen molar-refractivity contribution in [1.29, 1.82) is 0 Å². The molecule has 1 heterocycles. The lowest BCUT2D eigenvalue weighted by Crippen LogP contribution is -3.00. The van der Waals surface area contributed by atoms with Gasteiger partial charge in [-0.1, -0.05) is 27.2 Å². The summed E-state index contributed by atoms with van der Waals surface area (Å²) in [6.07, 6.45) is 7.45. The van der Waals surface area contributed by atoms with E-state index in [4.69, 9.17) is 0 Å². The molecule has 0 aliphatic heterocycles. The van der Waals surface area contributed by atoms with Crippen molar-refractivity contribution in [2.75, 3.05) is 0 Å². The van der Waals surface area contributed by atoms with Gasteiger partial charge in [-0.05, 0) is 30.6 Å². The second kappa shape index (κ2) is 8.11. The van der Waals surface area contributed by atoms with Crippen LogP contribution in [0.25, 0.3) is 0 Å². The van der Waals surface area contributed by atoms with Crippen molar-refractivity contribution in [2.24, 2.45) is 24.8 Å². The molecule has 0 spiro atoms. The third-order valence-corrected chi connectivity index (χ3v) is 4.58. The number of hydrogen-bond acceptors (Lipinski definition) is 1. The van der Waals surface area contributed by atoms with Crippen LogP contribution in [0.4, 0.5) is 0 Å². The zero-order chi connectivity index (χ0) is 14.7. The average molecular weight is 402 g/mol. The summed E-state index contributed by atoms with van der Waals surface area (Å²) in [5.74, 6) is 2.01. The lowest BCUT2D eigenvalue weighted by molar-refractivity contribution is -0.671. The van der Waals surface area contributed by atoms with Gasteiger partial charge in [0.05, 0.1) is 5.56 Å². The first-order valence-corrected chi connectivity index (χ1v) is 7.73. The Morgan fingerprint density at radius 3 is 2.48 bits per heavy atom. The topological polar surface area (TPSA) is 33.0 Å². The smallest absolute Gasteiger partial charge is 0.251 e. The fraction of sp³-hybridized carbons (Fsp3) is 0.647. The van der Waals surface area contributed by atoms with Crippen LogP contribution in [0.1, 0.15) is 50.4 Å². The molecule has 1 aliphatic rings. The van der Waals surface area contributed by atoms with Crippen LogP contribution in [-0.2, 0) is 7.05 Å². The van der Waals surface area contributed by atoms with Crippen LogP contribution in [-0.4, -0.2) is 11.9 Å². The fourth-order valence-corrected chi connectivity index (χ4v) is 3.27. The number of carbonyl (C=O) groups is 1. The monoisotopic (exact) mass is 402 g/mol. The number of aromatic nitrogens is 1. The standard InChI is InChI=1S/C17H26N2O.HI/c1-12(2)15-6-5-13(3)11-16(15)18-17(20)14-7-9-19(4)10-8-14;/h7-10,12-13,15-16H,5-6,11H2,1-4H3;1H. The Kier molecular flexibility index (Phi) is 7.10. The molecule has 2 rings (SSSR count). The third-order valence-electron chi connectivity index (χ3n) is 4.58. The van der Waals surface area contributed by atoms with E-state index in [1.165, 1.54) is 12.8 Å². The molecule has 1 aromatic heterocycles. The molecule has 3 atom stereocenters. The first kappa shape index (κ1) is 18.4. The highest BCUT2D eigenvalue weighted by Crippen LogP contribution is 2.33. The van der Waals surface area contributed by atoms with Crippen molar-refractivity contribution in [1.82, 2.24) is 5.32 Å². The molecule has 0 saturated heterocycles. The molecule has 1 aliphatic carbocycles. The summed E-state index contributed by atoms with van der Waals surface area (Å²) in [7, 11) is 1.96. The van der Waals surface area contributed by atoms with Crippen molar-refractivity contribution in [3.05, 3.63) is 30.1 Å². The SMILES string of the molecule is CC1CCC(C(C)C)C(NC(=O)c2cc[n+](C)cc2)C1.[I-]. The van der Waals surface area contributed by atoms with E-state index in [9.17, 15) is 4.79 Å². The molecule has 21 heavy (non-hydrogen) atoms. The van der Waals surface area contributed by atoms with Crippen LogP contribution < -0.4 is 33.9 Å². The van der Waals surface area contributed by atoms with Crippen LogP contribution in [0, 0.1) is 17.8 Å². The second-order valence-corrected chi connectivity index (χ2v) is 6.66. The van der Waals surface area contributed by atoms with E-state index < -0.39 is 0 Å². The summed E-state index contributed by atoms with van der Waals surface area (Å²) in [6, 6.07) is 4.08. The largest absolute Gasteiger partial charge is 1.00 e. The van der Waals surface area contributed by atoms with Gasteiger partial charge < -0.3 is 29.3 Å². The highest BCUT2D eigenvalue weighted by molar-refractivity contribution is 5.94. The number of amides is 1. The summed E-state index contributed by atoms with van der Waals surface area (Å²) >= 11 is 0. The zero-order valence-electron chi connectivity index (χ0n) is 13.5. The van der Waals surface area contributed by atoms with Gasteiger partial charge in [0.2, 0.25) is 0 Å². The summed E-state index contributed by atoms with van der Waals surface area (Å²) < 4.78 is 1.94. The van der Waals surface area contributed by atoms with Gasteiger partial charge in [0.1, 0.15) is 7.05 Å². The minimum absolute atomic E-state index is 0. The van der Waals surface area contributed by atoms with Gasteiger partial charge in [-0.15, -0.1) is 0 Å². The van der Waals surface area contributed by atoms with Gasteiger partial charge in [-0.2, -0.15) is 0 Å². The minimum atomic E-state index is 0. The third kappa shape index (κ3) is 4.94. The van der Waals surface area contributed by atoms with Gasteiger partial charge in [-0.3, -0.25) is 4.79 Å². The van der Waals surface area contributed by atoms with Gasteiger partial charge in [0, 0.05) is 18.2 Å². The van der Waals surface area contributed by atoms with E-state index in [0.29, 0.717) is 23.8 Å². The first-order valence-electron chi connectivity index (χ1n) is 7.73. The lowest BCUT2D eigenvalue weighted by atomic mass is 9.74. The molecular weight excluding hydrogens is 375 g/mol. The van der Waals surface area contributed by atoms with Crippen LogP contribution in [0.3, 0.4) is 0 Å². The molecule has 1 saturated carbocycles. The van der Waals surface area contributed by atoms with E-state index in [-0.39, 0.29) is 29.9 Å². The van der Waals surface area contributed by atoms with Crippen LogP contribution in [0.5, 0.6) is 0 Å². The summed E-state index contributed by atoms with van der Waals surface area (Å²) in [6.45, 7) is 6.82. The van der Waals surface area contributed by atoms with Crippen LogP contribution >= 0.6 is 0 Å². The number of aryl methyl sites for hydroxylation is 1. The summed E-state index contributed by atoms with van der Waals surface area (Å²) in [5, 5.41) is 3.27. The van der Waals surface area contributed by atoms with Gasteiger partial charge in [0.15, 0.2) is 12.4 Å². The predicted octanol–water partition coefficient (Wildman–Crippen LogP) is -0.294. The molecule has 0 radical (unpaired) electrons. The first-order chi connectivity index (χ1) is 9.47. The molecule has 1 aromatic rings. The Morgan fingerprint density at radius 1 is 1.29 bits per heavy atom. The maximum absolute atomic E-state index is 12.4. The van der Waals surface area contributed by atoms with E-state index in [1.807, 2.05) is 36.1 Å². The number of carbonyl (C=O) groups excluding carboxylic acids is 1. The van der Waals surface area contributed by atoms with Crippen molar-refractivity contribution in [2.45, 2.75) is 46.1 Å². The Bertz CT molecular complexity index is 458. The van der Waals surface area contributed by atoms with E-state index >= 15 is 0 Å². The van der Waals surface area contributed by atoms with Crippen LogP contribution in [0.2, 0.25) is 0 Å². The Balaban J connectivity index is 0.00000220. The molecule has 3 unspecified atom stereocenters. The molecule has 1 fully saturated rings. The van der Waals surface area contributed by atoms with E-state index in [2.05, 4.69) is 26.1 Å². The average Bonchev–Trinajstić information content (AvgIpc) is 2.39. The highest BCUT2D eigenvalue weighted by Gasteiger charge is 2.31. The van der Waals surface area contributed by atoms with E-state index in [1.54, 1.807) is 0 Å². The summed E-state index contributed by atoms with van der Waals surface area (Å²) in [5.41, 5.74) is 0.754. The molecule has 0 aromatic carbocycles. The normalized spacial score (nSPS) is 25.3. The maximum Gasteiger partial charge on any atom is 0.251 e. The molecular formula is C17H27IN2O. The number of pyridine rings is 1. The Morgan fingerprint density at radius 2 is 1.90 bits per heavy atom. The molecule has 0 bridgehead atoms. The molecule has 4 heteroatoms. The fourth-order valence-electron chi connectivity index (χ4n) is 3.27. The summed E-state index contributed by atoms with van der Waals surface area (Å²) in [4.78, 5) is 12.4. The lowest BCUT2D eigenvalue weighted by Gasteiger charge is -2.37. The Labute approximate surface area is 145 Å². The van der Waals surface area contributed by atoms with Crippen LogP contribution in [0.15, 0.2) is 24.5 Å². The predicted molar refractivity (Wildman–Crippen MR) is 80.2 cm³/mol.